The Balaban J connectivity index is 1.79. The smallest absolute Gasteiger partial charge is 0.259 e. The van der Waals surface area contributed by atoms with E-state index in [4.69, 9.17) is 0 Å². The summed E-state index contributed by atoms with van der Waals surface area (Å²) in [6.45, 7) is 8.69. The van der Waals surface area contributed by atoms with Crippen molar-refractivity contribution in [1.82, 2.24) is 0 Å². The largest absolute Gasteiger partial charge is 0.371 e. The van der Waals surface area contributed by atoms with Crippen LogP contribution in [0.1, 0.15) is 41.3 Å². The molecule has 2 aromatic rings. The lowest BCUT2D eigenvalue weighted by Gasteiger charge is -2.33. The molecule has 3 heterocycles. The molecule has 120 valence electrons. The molecule has 1 atom stereocenters. The van der Waals surface area contributed by atoms with Crippen molar-refractivity contribution in [2.75, 3.05) is 22.9 Å². The highest BCUT2D eigenvalue weighted by Gasteiger charge is 2.55. The van der Waals surface area contributed by atoms with Gasteiger partial charge in [-0.3, -0.25) is 9.69 Å². The Morgan fingerprint density at radius 3 is 2.42 bits per heavy atom. The molecule has 2 aromatic carbocycles. The molecule has 3 aliphatic rings. The van der Waals surface area contributed by atoms with Gasteiger partial charge < -0.3 is 4.90 Å². The first-order chi connectivity index (χ1) is 11.6. The fourth-order valence-electron chi connectivity index (χ4n) is 4.71. The van der Waals surface area contributed by atoms with Gasteiger partial charge in [-0.2, -0.15) is 0 Å². The van der Waals surface area contributed by atoms with Crippen molar-refractivity contribution in [3.8, 4) is 0 Å². The SMILES string of the molecule is C=C1c2ccccc2N2C(=O)c3cccc(N4CCCC4)c3[C@]12C. The van der Waals surface area contributed by atoms with Gasteiger partial charge in [-0.1, -0.05) is 30.8 Å². The van der Waals surface area contributed by atoms with E-state index in [1.165, 1.54) is 18.5 Å². The predicted molar refractivity (Wildman–Crippen MR) is 97.5 cm³/mol. The standard InChI is InChI=1S/C21H20N2O/c1-14-15-8-3-4-10-17(15)23-20(24)16-9-7-11-18(19(16)21(14,23)2)22-12-5-6-13-22/h3-4,7-11H,1,5-6,12-13H2,2H3/t21-/m0/s1. The number of carbonyl (C=O) groups is 1. The maximum Gasteiger partial charge on any atom is 0.259 e. The summed E-state index contributed by atoms with van der Waals surface area (Å²) >= 11 is 0. The van der Waals surface area contributed by atoms with Crippen molar-refractivity contribution in [3.05, 3.63) is 65.7 Å². The number of rotatable bonds is 1. The summed E-state index contributed by atoms with van der Waals surface area (Å²) < 4.78 is 0. The minimum atomic E-state index is -0.477. The Morgan fingerprint density at radius 2 is 1.62 bits per heavy atom. The first-order valence-electron chi connectivity index (χ1n) is 8.66. The summed E-state index contributed by atoms with van der Waals surface area (Å²) in [5, 5.41) is 0. The molecule has 3 aliphatic heterocycles. The normalized spacial score (nSPS) is 24.4. The van der Waals surface area contributed by atoms with Crippen LogP contribution in [0.5, 0.6) is 0 Å². The number of anilines is 2. The van der Waals surface area contributed by atoms with E-state index >= 15 is 0 Å². The van der Waals surface area contributed by atoms with E-state index in [1.54, 1.807) is 0 Å². The lowest BCUT2D eigenvalue weighted by Crippen LogP contribution is -2.38. The van der Waals surface area contributed by atoms with Crippen molar-refractivity contribution in [1.29, 1.82) is 0 Å². The molecule has 0 unspecified atom stereocenters. The van der Waals surface area contributed by atoms with Crippen LogP contribution in [-0.2, 0) is 5.54 Å². The van der Waals surface area contributed by atoms with E-state index in [9.17, 15) is 4.79 Å². The van der Waals surface area contributed by atoms with E-state index in [-0.39, 0.29) is 5.91 Å². The van der Waals surface area contributed by atoms with Crippen LogP contribution < -0.4 is 9.80 Å². The Kier molecular flexibility index (Phi) is 2.60. The topological polar surface area (TPSA) is 23.6 Å². The Morgan fingerprint density at radius 1 is 0.958 bits per heavy atom. The highest BCUT2D eigenvalue weighted by atomic mass is 16.2. The quantitative estimate of drug-likeness (QED) is 0.787. The fourth-order valence-corrected chi connectivity index (χ4v) is 4.71. The van der Waals surface area contributed by atoms with Gasteiger partial charge in [0.1, 0.15) is 0 Å². The molecule has 0 aliphatic carbocycles. The molecular weight excluding hydrogens is 296 g/mol. The van der Waals surface area contributed by atoms with Crippen LogP contribution in [-0.4, -0.2) is 19.0 Å². The average molecular weight is 316 g/mol. The molecule has 24 heavy (non-hydrogen) atoms. The monoisotopic (exact) mass is 316 g/mol. The van der Waals surface area contributed by atoms with Gasteiger partial charge in [0.15, 0.2) is 0 Å². The molecule has 3 heteroatoms. The lowest BCUT2D eigenvalue weighted by molar-refractivity contribution is 0.0988. The molecule has 0 aromatic heterocycles. The number of fused-ring (bicyclic) bond motifs is 5. The Bertz CT molecular complexity index is 894. The summed E-state index contributed by atoms with van der Waals surface area (Å²) in [7, 11) is 0. The third-order valence-corrected chi connectivity index (χ3v) is 5.91. The van der Waals surface area contributed by atoms with Gasteiger partial charge >= 0.3 is 0 Å². The second kappa shape index (κ2) is 4.50. The first kappa shape index (κ1) is 13.8. The van der Waals surface area contributed by atoms with E-state index in [2.05, 4.69) is 30.5 Å². The fraction of sp³-hybridized carbons (Fsp3) is 0.286. The molecule has 0 N–H and O–H groups in total. The number of para-hydroxylation sites is 1. The molecule has 1 amide bonds. The number of nitrogens with zero attached hydrogens (tertiary/aromatic N) is 2. The Labute approximate surface area is 142 Å². The van der Waals surface area contributed by atoms with Crippen molar-refractivity contribution >= 4 is 22.9 Å². The van der Waals surface area contributed by atoms with Crippen molar-refractivity contribution in [2.45, 2.75) is 25.3 Å². The molecule has 1 fully saturated rings. The van der Waals surface area contributed by atoms with Gasteiger partial charge in [0.25, 0.3) is 5.91 Å². The van der Waals surface area contributed by atoms with Gasteiger partial charge in [0, 0.05) is 35.5 Å². The van der Waals surface area contributed by atoms with E-state index in [0.29, 0.717) is 0 Å². The number of hydrogen-bond acceptors (Lipinski definition) is 2. The number of hydrogen-bond donors (Lipinski definition) is 0. The third-order valence-electron chi connectivity index (χ3n) is 5.91. The third kappa shape index (κ3) is 1.46. The predicted octanol–water partition coefficient (Wildman–Crippen LogP) is 4.19. The zero-order valence-corrected chi connectivity index (χ0v) is 13.9. The van der Waals surface area contributed by atoms with Crippen LogP contribution in [0, 0.1) is 0 Å². The number of amides is 1. The second-order valence-corrected chi connectivity index (χ2v) is 7.10. The van der Waals surface area contributed by atoms with E-state index in [1.807, 2.05) is 35.2 Å². The summed E-state index contributed by atoms with van der Waals surface area (Å²) in [6.07, 6.45) is 2.44. The molecule has 5 rings (SSSR count). The van der Waals surface area contributed by atoms with Gasteiger partial charge in [-0.15, -0.1) is 0 Å². The summed E-state index contributed by atoms with van der Waals surface area (Å²) in [5.41, 5.74) is 5.80. The van der Waals surface area contributed by atoms with Crippen LogP contribution in [0.25, 0.3) is 5.57 Å². The van der Waals surface area contributed by atoms with Crippen molar-refractivity contribution in [3.63, 3.8) is 0 Å². The zero-order chi connectivity index (χ0) is 16.5. The van der Waals surface area contributed by atoms with Crippen molar-refractivity contribution < 1.29 is 4.79 Å². The van der Waals surface area contributed by atoms with Gasteiger partial charge in [-0.25, -0.2) is 0 Å². The zero-order valence-electron chi connectivity index (χ0n) is 13.9. The van der Waals surface area contributed by atoms with Gasteiger partial charge in [0.2, 0.25) is 0 Å². The maximum atomic E-state index is 13.2. The summed E-state index contributed by atoms with van der Waals surface area (Å²) in [4.78, 5) is 17.6. The van der Waals surface area contributed by atoms with E-state index < -0.39 is 5.54 Å². The highest BCUT2D eigenvalue weighted by molar-refractivity contribution is 6.20. The summed E-state index contributed by atoms with van der Waals surface area (Å²) in [6, 6.07) is 14.3. The molecule has 0 spiro atoms. The van der Waals surface area contributed by atoms with E-state index in [0.717, 1.165) is 41.0 Å². The Hall–Kier alpha value is -2.55. The van der Waals surface area contributed by atoms with Gasteiger partial charge in [-0.05, 0) is 43.5 Å². The van der Waals surface area contributed by atoms with Crippen LogP contribution in [0.4, 0.5) is 11.4 Å². The molecule has 0 radical (unpaired) electrons. The van der Waals surface area contributed by atoms with Crippen LogP contribution in [0.2, 0.25) is 0 Å². The van der Waals surface area contributed by atoms with Crippen molar-refractivity contribution in [2.24, 2.45) is 0 Å². The first-order valence-corrected chi connectivity index (χ1v) is 8.66. The van der Waals surface area contributed by atoms with Gasteiger partial charge in [0.05, 0.1) is 11.2 Å². The van der Waals surface area contributed by atoms with Crippen LogP contribution in [0.15, 0.2) is 49.0 Å². The van der Waals surface area contributed by atoms with Crippen LogP contribution >= 0.6 is 0 Å². The number of benzene rings is 2. The molecule has 0 saturated carbocycles. The summed E-state index contributed by atoms with van der Waals surface area (Å²) in [5.74, 6) is 0.0969. The molecular formula is C21H20N2O. The molecule has 0 bridgehead atoms. The maximum absolute atomic E-state index is 13.2. The number of carbonyl (C=O) groups excluding carboxylic acids is 1. The molecule has 3 nitrogen and oxygen atoms in total. The second-order valence-electron chi connectivity index (χ2n) is 7.10. The minimum Gasteiger partial charge on any atom is -0.371 e. The van der Waals surface area contributed by atoms with Crippen LogP contribution in [0.3, 0.4) is 0 Å². The minimum absolute atomic E-state index is 0.0969. The highest BCUT2D eigenvalue weighted by Crippen LogP contribution is 2.58. The lowest BCUT2D eigenvalue weighted by atomic mass is 9.83. The average Bonchev–Trinajstić information content (AvgIpc) is 3.26. The molecule has 1 saturated heterocycles.